The van der Waals surface area contributed by atoms with Crippen LogP contribution < -0.4 is 20.7 Å². The van der Waals surface area contributed by atoms with E-state index in [0.29, 0.717) is 43.1 Å². The van der Waals surface area contributed by atoms with Crippen LogP contribution in [-0.2, 0) is 9.59 Å². The first-order valence-electron chi connectivity index (χ1n) is 10.2. The molecule has 1 aliphatic heterocycles. The highest BCUT2D eigenvalue weighted by atomic mass is 19.1. The topological polar surface area (TPSA) is 108 Å². The van der Waals surface area contributed by atoms with Gasteiger partial charge in [-0.05, 0) is 38.1 Å². The number of oxazole rings is 1. The second-order valence-corrected chi connectivity index (χ2v) is 7.74. The first-order chi connectivity index (χ1) is 15.3. The van der Waals surface area contributed by atoms with Crippen LogP contribution in [-0.4, -0.2) is 54.0 Å². The van der Waals surface area contributed by atoms with Crippen molar-refractivity contribution in [1.29, 1.82) is 0 Å². The molecule has 32 heavy (non-hydrogen) atoms. The fourth-order valence-corrected chi connectivity index (χ4v) is 3.56. The lowest BCUT2D eigenvalue weighted by Crippen LogP contribution is -2.51. The maximum Gasteiger partial charge on any atom is 0.417 e. The van der Waals surface area contributed by atoms with Crippen LogP contribution >= 0.6 is 0 Å². The maximum absolute atomic E-state index is 14.3. The van der Waals surface area contributed by atoms with Gasteiger partial charge in [0, 0.05) is 49.7 Å². The molecule has 1 fully saturated rings. The fourth-order valence-electron chi connectivity index (χ4n) is 3.56. The lowest BCUT2D eigenvalue weighted by atomic mass is 10.2. The zero-order chi connectivity index (χ0) is 22.8. The van der Waals surface area contributed by atoms with Crippen molar-refractivity contribution in [2.45, 2.75) is 20.0 Å². The SMILES string of the molecule is CC(C)Oc1ccc(N2CCN(C(=O)C(=O)Nc3ccc4[nH]c(=O)oc4c3)CC2)cc1F. The molecule has 9 nitrogen and oxygen atoms in total. The number of halogens is 1. The number of benzene rings is 2. The van der Waals surface area contributed by atoms with E-state index in [1.54, 1.807) is 24.3 Å². The normalized spacial score (nSPS) is 14.1. The summed E-state index contributed by atoms with van der Waals surface area (Å²) in [5.41, 5.74) is 1.81. The molecule has 0 atom stereocenters. The molecular weight excluding hydrogens is 419 g/mol. The third-order valence-corrected chi connectivity index (χ3v) is 5.08. The van der Waals surface area contributed by atoms with Crippen molar-refractivity contribution in [2.75, 3.05) is 36.4 Å². The summed E-state index contributed by atoms with van der Waals surface area (Å²) in [6.07, 6.45) is -0.125. The third kappa shape index (κ3) is 4.58. The third-order valence-electron chi connectivity index (χ3n) is 5.08. The number of anilines is 2. The van der Waals surface area contributed by atoms with Crippen LogP contribution in [0.5, 0.6) is 5.75 Å². The number of carbonyl (C=O) groups is 2. The number of hydrogen-bond acceptors (Lipinski definition) is 6. The van der Waals surface area contributed by atoms with Crippen molar-refractivity contribution in [2.24, 2.45) is 0 Å². The molecule has 3 aromatic rings. The Balaban J connectivity index is 1.34. The molecular formula is C22H23FN4O5. The van der Waals surface area contributed by atoms with Gasteiger partial charge in [-0.1, -0.05) is 0 Å². The summed E-state index contributed by atoms with van der Waals surface area (Å²) in [6, 6.07) is 9.41. The van der Waals surface area contributed by atoms with E-state index in [1.807, 2.05) is 18.7 Å². The minimum Gasteiger partial charge on any atom is -0.488 e. The monoisotopic (exact) mass is 442 g/mol. The summed E-state index contributed by atoms with van der Waals surface area (Å²) in [7, 11) is 0. The summed E-state index contributed by atoms with van der Waals surface area (Å²) in [4.78, 5) is 42.1. The van der Waals surface area contributed by atoms with Crippen LogP contribution in [0.4, 0.5) is 15.8 Å². The Morgan fingerprint density at radius 2 is 1.88 bits per heavy atom. The Hall–Kier alpha value is -3.82. The van der Waals surface area contributed by atoms with Gasteiger partial charge in [0.15, 0.2) is 17.1 Å². The van der Waals surface area contributed by atoms with E-state index < -0.39 is 23.4 Å². The van der Waals surface area contributed by atoms with E-state index in [4.69, 9.17) is 9.15 Å². The van der Waals surface area contributed by atoms with Crippen LogP contribution in [0, 0.1) is 5.82 Å². The smallest absolute Gasteiger partial charge is 0.417 e. The number of ether oxygens (including phenoxy) is 1. The van der Waals surface area contributed by atoms with Crippen molar-refractivity contribution in [1.82, 2.24) is 9.88 Å². The Bertz CT molecular complexity index is 1210. The molecule has 0 unspecified atom stereocenters. The minimum atomic E-state index is -0.781. The number of fused-ring (bicyclic) bond motifs is 1. The van der Waals surface area contributed by atoms with Gasteiger partial charge in [-0.2, -0.15) is 0 Å². The molecule has 1 saturated heterocycles. The van der Waals surface area contributed by atoms with Crippen molar-refractivity contribution in [3.05, 3.63) is 52.8 Å². The zero-order valence-electron chi connectivity index (χ0n) is 17.7. The van der Waals surface area contributed by atoms with E-state index in [2.05, 4.69) is 10.3 Å². The maximum atomic E-state index is 14.3. The van der Waals surface area contributed by atoms with Crippen molar-refractivity contribution in [3.63, 3.8) is 0 Å². The van der Waals surface area contributed by atoms with Crippen LogP contribution in [0.3, 0.4) is 0 Å². The Morgan fingerprint density at radius 1 is 1.12 bits per heavy atom. The molecule has 0 aliphatic carbocycles. The molecule has 2 amide bonds. The molecule has 10 heteroatoms. The summed E-state index contributed by atoms with van der Waals surface area (Å²) < 4.78 is 24.7. The van der Waals surface area contributed by atoms with Crippen molar-refractivity contribution < 1.29 is 23.1 Å². The van der Waals surface area contributed by atoms with Gasteiger partial charge in [0.1, 0.15) is 0 Å². The van der Waals surface area contributed by atoms with Gasteiger partial charge in [-0.25, -0.2) is 9.18 Å². The van der Waals surface area contributed by atoms with E-state index in [9.17, 15) is 18.8 Å². The molecule has 0 spiro atoms. The van der Waals surface area contributed by atoms with Gasteiger partial charge in [0.05, 0.1) is 11.6 Å². The number of aromatic amines is 1. The quantitative estimate of drug-likeness (QED) is 0.601. The minimum absolute atomic E-state index is 0.125. The highest BCUT2D eigenvalue weighted by Crippen LogP contribution is 2.25. The standard InChI is InChI=1S/C22H23FN4O5/c1-13(2)31-18-6-4-15(12-16(18)23)26-7-9-27(10-8-26)21(29)20(28)24-14-3-5-17-19(11-14)32-22(30)25-17/h3-6,11-13H,7-10H2,1-2H3,(H,24,28)(H,25,30). The summed E-state index contributed by atoms with van der Waals surface area (Å²) in [5.74, 6) is -2.28. The number of hydrogen-bond donors (Lipinski definition) is 2. The predicted molar refractivity (Wildman–Crippen MR) is 116 cm³/mol. The number of nitrogens with one attached hydrogen (secondary N) is 2. The fraction of sp³-hybridized carbons (Fsp3) is 0.318. The summed E-state index contributed by atoms with van der Waals surface area (Å²) in [5, 5.41) is 2.53. The lowest BCUT2D eigenvalue weighted by Gasteiger charge is -2.35. The van der Waals surface area contributed by atoms with Crippen molar-refractivity contribution in [3.8, 4) is 5.75 Å². The molecule has 0 saturated carbocycles. The van der Waals surface area contributed by atoms with E-state index >= 15 is 0 Å². The second-order valence-electron chi connectivity index (χ2n) is 7.74. The van der Waals surface area contributed by atoms with Gasteiger partial charge in [0.25, 0.3) is 0 Å². The van der Waals surface area contributed by atoms with E-state index in [0.717, 1.165) is 0 Å². The number of carbonyl (C=O) groups excluding carboxylic acids is 2. The Labute approximate surface area is 182 Å². The number of H-pyrrole nitrogens is 1. The summed E-state index contributed by atoms with van der Waals surface area (Å²) in [6.45, 7) is 5.23. The number of amides is 2. The average molecular weight is 442 g/mol. The van der Waals surface area contributed by atoms with Crippen LogP contribution in [0.15, 0.2) is 45.6 Å². The first kappa shape index (κ1) is 21.4. The Morgan fingerprint density at radius 3 is 2.56 bits per heavy atom. The summed E-state index contributed by atoms with van der Waals surface area (Å²) >= 11 is 0. The molecule has 0 bridgehead atoms. The molecule has 2 heterocycles. The molecule has 1 aliphatic rings. The van der Waals surface area contributed by atoms with Crippen molar-refractivity contribution >= 4 is 34.3 Å². The second kappa shape index (κ2) is 8.74. The number of piperazine rings is 1. The molecule has 2 aromatic carbocycles. The van der Waals surface area contributed by atoms with Gasteiger partial charge in [-0.15, -0.1) is 0 Å². The van der Waals surface area contributed by atoms with Crippen LogP contribution in [0.1, 0.15) is 13.8 Å². The number of nitrogens with zero attached hydrogens (tertiary/aromatic N) is 2. The Kier molecular flexibility index (Phi) is 5.85. The highest BCUT2D eigenvalue weighted by Gasteiger charge is 2.26. The van der Waals surface area contributed by atoms with Gasteiger partial charge in [0.2, 0.25) is 0 Å². The lowest BCUT2D eigenvalue weighted by molar-refractivity contribution is -0.143. The van der Waals surface area contributed by atoms with E-state index in [-0.39, 0.29) is 17.4 Å². The van der Waals surface area contributed by atoms with Crippen LogP contribution in [0.2, 0.25) is 0 Å². The molecule has 0 radical (unpaired) electrons. The van der Waals surface area contributed by atoms with E-state index in [1.165, 1.54) is 17.0 Å². The number of rotatable bonds is 4. The molecule has 2 N–H and O–H groups in total. The van der Waals surface area contributed by atoms with Gasteiger partial charge in [-0.3, -0.25) is 14.6 Å². The zero-order valence-corrected chi connectivity index (χ0v) is 17.7. The van der Waals surface area contributed by atoms with Gasteiger partial charge < -0.3 is 24.3 Å². The number of aromatic nitrogens is 1. The average Bonchev–Trinajstić information content (AvgIpc) is 3.13. The molecule has 168 valence electrons. The molecule has 1 aromatic heterocycles. The predicted octanol–water partition coefficient (Wildman–Crippen LogP) is 2.33. The van der Waals surface area contributed by atoms with Gasteiger partial charge >= 0.3 is 17.6 Å². The first-order valence-corrected chi connectivity index (χ1v) is 10.2. The molecule has 4 rings (SSSR count). The highest BCUT2D eigenvalue weighted by molar-refractivity contribution is 6.39. The largest absolute Gasteiger partial charge is 0.488 e. The van der Waals surface area contributed by atoms with Crippen LogP contribution in [0.25, 0.3) is 11.1 Å².